The molecular weight excluding hydrogens is 340 g/mol. The number of hydrogen-bond acceptors (Lipinski definition) is 4. The van der Waals surface area contributed by atoms with Crippen molar-refractivity contribution in [1.29, 1.82) is 0 Å². The molecule has 0 bridgehead atoms. The zero-order chi connectivity index (χ0) is 18.6. The molecule has 6 nitrogen and oxygen atoms in total. The van der Waals surface area contributed by atoms with Crippen LogP contribution in [-0.2, 0) is 21.4 Å². The third kappa shape index (κ3) is 4.93. The number of aryl methyl sites for hydroxylation is 2. The Hall–Kier alpha value is -2.12. The van der Waals surface area contributed by atoms with Crippen LogP contribution in [0.2, 0.25) is 0 Å². The molecule has 0 aliphatic rings. The van der Waals surface area contributed by atoms with Crippen LogP contribution in [0.25, 0.3) is 0 Å². The Kier molecular flexibility index (Phi) is 6.02. The lowest BCUT2D eigenvalue weighted by molar-refractivity contribution is -0.123. The Morgan fingerprint density at radius 2 is 1.92 bits per heavy atom. The molecule has 1 heterocycles. The van der Waals surface area contributed by atoms with E-state index in [0.29, 0.717) is 11.3 Å². The average molecular weight is 364 g/mol. The Labute approximate surface area is 148 Å². The first-order chi connectivity index (χ1) is 11.7. The zero-order valence-electron chi connectivity index (χ0n) is 14.9. The average Bonchev–Trinajstić information content (AvgIpc) is 3.03. The van der Waals surface area contributed by atoms with Crippen molar-refractivity contribution in [3.05, 3.63) is 53.5 Å². The van der Waals surface area contributed by atoms with Crippen molar-refractivity contribution < 1.29 is 17.6 Å². The third-order valence-corrected chi connectivity index (χ3v) is 5.47. The SMILES string of the molecule is Cc1ccc(S(=O)(=O)N[C@H](C(=O)NCc2ccco2)C(C)C)c(C)c1. The van der Waals surface area contributed by atoms with Gasteiger partial charge in [-0.15, -0.1) is 0 Å². The van der Waals surface area contributed by atoms with Crippen molar-refractivity contribution in [2.24, 2.45) is 5.92 Å². The highest BCUT2D eigenvalue weighted by Crippen LogP contribution is 2.18. The molecule has 0 saturated carbocycles. The van der Waals surface area contributed by atoms with E-state index in [1.54, 1.807) is 51.1 Å². The number of amides is 1. The minimum absolute atomic E-state index is 0.183. The summed E-state index contributed by atoms with van der Waals surface area (Å²) in [6.07, 6.45) is 1.52. The normalized spacial score (nSPS) is 13.0. The lowest BCUT2D eigenvalue weighted by Crippen LogP contribution is -2.49. The number of benzene rings is 1. The van der Waals surface area contributed by atoms with E-state index in [4.69, 9.17) is 4.42 Å². The van der Waals surface area contributed by atoms with Crippen LogP contribution in [-0.4, -0.2) is 20.4 Å². The largest absolute Gasteiger partial charge is 0.467 e. The predicted molar refractivity (Wildman–Crippen MR) is 95.4 cm³/mol. The van der Waals surface area contributed by atoms with Crippen LogP contribution >= 0.6 is 0 Å². The summed E-state index contributed by atoms with van der Waals surface area (Å²) in [6.45, 7) is 7.43. The quantitative estimate of drug-likeness (QED) is 0.790. The predicted octanol–water partition coefficient (Wildman–Crippen LogP) is 2.52. The van der Waals surface area contributed by atoms with E-state index in [2.05, 4.69) is 10.0 Å². The first-order valence-corrected chi connectivity index (χ1v) is 9.58. The van der Waals surface area contributed by atoms with Gasteiger partial charge in [0.2, 0.25) is 15.9 Å². The van der Waals surface area contributed by atoms with E-state index in [-0.39, 0.29) is 23.3 Å². The lowest BCUT2D eigenvalue weighted by atomic mass is 10.1. The lowest BCUT2D eigenvalue weighted by Gasteiger charge is -2.22. The van der Waals surface area contributed by atoms with E-state index in [1.165, 1.54) is 6.26 Å². The molecular formula is C18H24N2O4S. The van der Waals surface area contributed by atoms with Crippen LogP contribution in [0.5, 0.6) is 0 Å². The van der Waals surface area contributed by atoms with E-state index >= 15 is 0 Å². The highest BCUT2D eigenvalue weighted by molar-refractivity contribution is 7.89. The molecule has 0 unspecified atom stereocenters. The second-order valence-corrected chi connectivity index (χ2v) is 8.09. The number of carbonyl (C=O) groups excluding carboxylic acids is 1. The molecule has 1 amide bonds. The van der Waals surface area contributed by atoms with Crippen LogP contribution in [0.1, 0.15) is 30.7 Å². The molecule has 2 aromatic rings. The highest BCUT2D eigenvalue weighted by atomic mass is 32.2. The fourth-order valence-electron chi connectivity index (χ4n) is 2.52. The van der Waals surface area contributed by atoms with E-state index < -0.39 is 16.1 Å². The number of nitrogens with one attached hydrogen (secondary N) is 2. The van der Waals surface area contributed by atoms with Crippen molar-refractivity contribution in [3.63, 3.8) is 0 Å². The van der Waals surface area contributed by atoms with Gasteiger partial charge in [-0.2, -0.15) is 4.72 Å². The summed E-state index contributed by atoms with van der Waals surface area (Å²) < 4.78 is 33.1. The molecule has 1 aromatic carbocycles. The van der Waals surface area contributed by atoms with Crippen LogP contribution in [0, 0.1) is 19.8 Å². The molecule has 0 spiro atoms. The van der Waals surface area contributed by atoms with Crippen molar-refractivity contribution in [2.75, 3.05) is 0 Å². The minimum atomic E-state index is -3.80. The topological polar surface area (TPSA) is 88.4 Å². The number of carbonyl (C=O) groups is 1. The molecule has 0 radical (unpaired) electrons. The second kappa shape index (κ2) is 7.84. The molecule has 1 atom stereocenters. The van der Waals surface area contributed by atoms with Crippen molar-refractivity contribution in [1.82, 2.24) is 10.0 Å². The molecule has 1 aromatic heterocycles. The number of furan rings is 1. The van der Waals surface area contributed by atoms with Gasteiger partial charge in [-0.3, -0.25) is 4.79 Å². The fourth-order valence-corrected chi connectivity index (χ4v) is 4.09. The maximum absolute atomic E-state index is 12.7. The van der Waals surface area contributed by atoms with Crippen LogP contribution < -0.4 is 10.0 Å². The molecule has 25 heavy (non-hydrogen) atoms. The molecule has 136 valence electrons. The summed E-state index contributed by atoms with van der Waals surface area (Å²) in [5.41, 5.74) is 1.62. The van der Waals surface area contributed by atoms with Crippen LogP contribution in [0.3, 0.4) is 0 Å². The zero-order valence-corrected chi connectivity index (χ0v) is 15.7. The van der Waals surface area contributed by atoms with Gasteiger partial charge in [-0.25, -0.2) is 8.42 Å². The van der Waals surface area contributed by atoms with Gasteiger partial charge < -0.3 is 9.73 Å². The molecule has 2 rings (SSSR count). The smallest absolute Gasteiger partial charge is 0.241 e. The van der Waals surface area contributed by atoms with E-state index in [9.17, 15) is 13.2 Å². The Morgan fingerprint density at radius 3 is 2.48 bits per heavy atom. The van der Waals surface area contributed by atoms with Gasteiger partial charge in [0.15, 0.2) is 0 Å². The Balaban J connectivity index is 2.15. The summed E-state index contributed by atoms with van der Waals surface area (Å²) >= 11 is 0. The molecule has 2 N–H and O–H groups in total. The maximum Gasteiger partial charge on any atom is 0.241 e. The standard InChI is InChI=1S/C18H24N2O4S/c1-12(2)17(18(21)19-11-15-6-5-9-24-15)20-25(22,23)16-8-7-13(3)10-14(16)4/h5-10,12,17,20H,11H2,1-4H3,(H,19,21)/t17-/m0/s1. The van der Waals surface area contributed by atoms with Crippen LogP contribution in [0.4, 0.5) is 0 Å². The summed E-state index contributed by atoms with van der Waals surface area (Å²) in [6, 6.07) is 7.69. The van der Waals surface area contributed by atoms with Gasteiger partial charge in [0.1, 0.15) is 11.8 Å². The third-order valence-electron chi connectivity index (χ3n) is 3.87. The number of rotatable bonds is 7. The van der Waals surface area contributed by atoms with E-state index in [0.717, 1.165) is 5.56 Å². The number of hydrogen-bond donors (Lipinski definition) is 2. The van der Waals surface area contributed by atoms with Gasteiger partial charge in [0.05, 0.1) is 17.7 Å². The van der Waals surface area contributed by atoms with Crippen LogP contribution in [0.15, 0.2) is 45.9 Å². The van der Waals surface area contributed by atoms with E-state index in [1.807, 2.05) is 6.92 Å². The van der Waals surface area contributed by atoms with Gasteiger partial charge >= 0.3 is 0 Å². The fraction of sp³-hybridized carbons (Fsp3) is 0.389. The Morgan fingerprint density at radius 1 is 1.20 bits per heavy atom. The molecule has 0 aliphatic carbocycles. The highest BCUT2D eigenvalue weighted by Gasteiger charge is 2.29. The first-order valence-electron chi connectivity index (χ1n) is 8.10. The number of sulfonamides is 1. The van der Waals surface area contributed by atoms with Crippen molar-refractivity contribution in [3.8, 4) is 0 Å². The Bertz CT molecular complexity index is 827. The summed E-state index contributed by atoms with van der Waals surface area (Å²) in [4.78, 5) is 12.6. The summed E-state index contributed by atoms with van der Waals surface area (Å²) in [5, 5.41) is 2.70. The summed E-state index contributed by atoms with van der Waals surface area (Å²) in [7, 11) is -3.80. The monoisotopic (exact) mass is 364 g/mol. The van der Waals surface area contributed by atoms with Gasteiger partial charge in [-0.1, -0.05) is 31.5 Å². The first kappa shape index (κ1) is 19.2. The molecule has 7 heteroatoms. The molecule has 0 fully saturated rings. The second-order valence-electron chi connectivity index (χ2n) is 6.41. The minimum Gasteiger partial charge on any atom is -0.467 e. The van der Waals surface area contributed by atoms with Crippen molar-refractivity contribution >= 4 is 15.9 Å². The van der Waals surface area contributed by atoms with Gasteiger partial charge in [0.25, 0.3) is 0 Å². The maximum atomic E-state index is 12.7. The molecule has 0 aliphatic heterocycles. The van der Waals surface area contributed by atoms with Gasteiger partial charge in [-0.05, 0) is 43.5 Å². The summed E-state index contributed by atoms with van der Waals surface area (Å²) in [5.74, 6) is 0.00459. The molecule has 0 saturated heterocycles. The van der Waals surface area contributed by atoms with Crippen molar-refractivity contribution in [2.45, 2.75) is 45.2 Å². The van der Waals surface area contributed by atoms with Gasteiger partial charge in [0, 0.05) is 0 Å².